The summed E-state index contributed by atoms with van der Waals surface area (Å²) < 4.78 is 5.75. The van der Waals surface area contributed by atoms with Crippen molar-refractivity contribution < 1.29 is 9.84 Å². The van der Waals surface area contributed by atoms with E-state index in [4.69, 9.17) is 14.7 Å². The maximum atomic E-state index is 9.19. The summed E-state index contributed by atoms with van der Waals surface area (Å²) in [5, 5.41) is 13.4. The van der Waals surface area contributed by atoms with E-state index in [2.05, 4.69) is 5.32 Å². The Bertz CT molecular complexity index is 1150. The Kier molecular flexibility index (Phi) is 5.77. The largest absolute Gasteiger partial charge is 0.489 e. The fourth-order valence-electron chi connectivity index (χ4n) is 3.30. The van der Waals surface area contributed by atoms with Crippen LogP contribution in [0.15, 0.2) is 72.8 Å². The molecule has 6 heteroatoms. The van der Waals surface area contributed by atoms with Crippen LogP contribution < -0.4 is 15.0 Å². The summed E-state index contributed by atoms with van der Waals surface area (Å²) in [7, 11) is 1.98. The van der Waals surface area contributed by atoms with Crippen LogP contribution in [0.25, 0.3) is 10.9 Å². The molecule has 0 unspecified atom stereocenters. The van der Waals surface area contributed by atoms with Gasteiger partial charge in [-0.3, -0.25) is 0 Å². The quantitative estimate of drug-likeness (QED) is 0.463. The van der Waals surface area contributed by atoms with Crippen LogP contribution in [-0.4, -0.2) is 35.3 Å². The smallest absolute Gasteiger partial charge is 0.229 e. The fraction of sp³-hybridized carbons (Fsp3) is 0.167. The number of aliphatic hydroxyl groups excluding tert-OH is 1. The Hall–Kier alpha value is -3.64. The molecule has 3 aromatic carbocycles. The lowest BCUT2D eigenvalue weighted by atomic mass is 10.2. The van der Waals surface area contributed by atoms with E-state index in [0.29, 0.717) is 17.2 Å². The van der Waals surface area contributed by atoms with E-state index in [9.17, 15) is 5.11 Å². The Morgan fingerprint density at radius 1 is 0.933 bits per heavy atom. The molecule has 4 rings (SSSR count). The van der Waals surface area contributed by atoms with Gasteiger partial charge in [0.2, 0.25) is 5.95 Å². The van der Waals surface area contributed by atoms with Gasteiger partial charge >= 0.3 is 0 Å². The van der Waals surface area contributed by atoms with Crippen molar-refractivity contribution in [1.82, 2.24) is 9.97 Å². The Balaban J connectivity index is 1.86. The molecular formula is C24H24N4O2. The summed E-state index contributed by atoms with van der Waals surface area (Å²) in [6.07, 6.45) is 0. The van der Waals surface area contributed by atoms with E-state index in [1.54, 1.807) is 0 Å². The molecule has 2 N–H and O–H groups in total. The number of nitrogens with one attached hydrogen (secondary N) is 1. The topological polar surface area (TPSA) is 70.5 Å². The maximum absolute atomic E-state index is 9.19. The number of para-hydroxylation sites is 3. The lowest BCUT2D eigenvalue weighted by Gasteiger charge is -2.22. The van der Waals surface area contributed by atoms with Crippen molar-refractivity contribution in [3.05, 3.63) is 78.4 Å². The lowest BCUT2D eigenvalue weighted by Crippen LogP contribution is -2.14. The molecule has 0 atom stereocenters. The van der Waals surface area contributed by atoms with Gasteiger partial charge in [-0.25, -0.2) is 4.98 Å². The number of ether oxygens (including phenoxy) is 1. The molecular weight excluding hydrogens is 376 g/mol. The van der Waals surface area contributed by atoms with E-state index in [0.717, 1.165) is 28.1 Å². The molecule has 0 saturated carbocycles. The van der Waals surface area contributed by atoms with Gasteiger partial charge in [0.05, 0.1) is 6.61 Å². The molecule has 152 valence electrons. The number of hydrogen-bond acceptors (Lipinski definition) is 6. The van der Waals surface area contributed by atoms with Crippen LogP contribution in [0.4, 0.5) is 23.1 Å². The van der Waals surface area contributed by atoms with Gasteiger partial charge in [0, 0.05) is 23.8 Å². The van der Waals surface area contributed by atoms with Crippen molar-refractivity contribution in [3.63, 3.8) is 0 Å². The molecule has 0 aliphatic rings. The van der Waals surface area contributed by atoms with Gasteiger partial charge < -0.3 is 20.1 Å². The van der Waals surface area contributed by atoms with Crippen molar-refractivity contribution in [2.24, 2.45) is 0 Å². The summed E-state index contributed by atoms with van der Waals surface area (Å²) in [6, 6.07) is 23.8. The van der Waals surface area contributed by atoms with Crippen molar-refractivity contribution in [1.29, 1.82) is 0 Å². The van der Waals surface area contributed by atoms with Gasteiger partial charge in [-0.05, 0) is 42.8 Å². The minimum Gasteiger partial charge on any atom is -0.489 e. The summed E-state index contributed by atoms with van der Waals surface area (Å²) in [6.45, 7) is 2.18. The number of rotatable bonds is 7. The predicted molar refractivity (Wildman–Crippen MR) is 121 cm³/mol. The van der Waals surface area contributed by atoms with E-state index < -0.39 is 0 Å². The van der Waals surface area contributed by atoms with E-state index in [1.165, 1.54) is 0 Å². The predicted octanol–water partition coefficient (Wildman–Crippen LogP) is 4.82. The fourth-order valence-corrected chi connectivity index (χ4v) is 3.30. The highest BCUT2D eigenvalue weighted by Gasteiger charge is 2.16. The van der Waals surface area contributed by atoms with Gasteiger partial charge in [0.15, 0.2) is 0 Å². The number of nitrogens with zero attached hydrogens (tertiary/aromatic N) is 3. The van der Waals surface area contributed by atoms with Crippen molar-refractivity contribution in [2.45, 2.75) is 6.92 Å². The second kappa shape index (κ2) is 8.80. The normalized spacial score (nSPS) is 10.8. The summed E-state index contributed by atoms with van der Waals surface area (Å²) >= 11 is 0. The first-order valence-corrected chi connectivity index (χ1v) is 9.83. The van der Waals surface area contributed by atoms with Crippen LogP contribution in [0.1, 0.15) is 5.56 Å². The molecule has 0 fully saturated rings. The molecule has 0 spiro atoms. The molecule has 4 aromatic rings. The molecule has 0 aliphatic carbocycles. The minimum absolute atomic E-state index is 0.0629. The number of aliphatic hydroxyl groups is 1. The molecule has 6 nitrogen and oxygen atoms in total. The number of fused-ring (bicyclic) bond motifs is 1. The second-order valence-corrected chi connectivity index (χ2v) is 6.93. The molecule has 1 heterocycles. The zero-order chi connectivity index (χ0) is 20.9. The van der Waals surface area contributed by atoms with E-state index >= 15 is 0 Å². The molecule has 1 aromatic heterocycles. The first-order valence-electron chi connectivity index (χ1n) is 9.83. The Morgan fingerprint density at radius 2 is 1.70 bits per heavy atom. The molecule has 0 bridgehead atoms. The van der Waals surface area contributed by atoms with Crippen LogP contribution in [0.5, 0.6) is 5.75 Å². The van der Waals surface area contributed by atoms with E-state index in [1.807, 2.05) is 91.7 Å². The summed E-state index contributed by atoms with van der Waals surface area (Å²) in [4.78, 5) is 11.6. The zero-order valence-electron chi connectivity index (χ0n) is 17.0. The number of aromatic nitrogens is 2. The minimum atomic E-state index is -0.0629. The molecule has 0 saturated heterocycles. The first kappa shape index (κ1) is 19.7. The number of benzene rings is 3. The number of aryl methyl sites for hydroxylation is 1. The van der Waals surface area contributed by atoms with Crippen LogP contribution in [0, 0.1) is 6.92 Å². The summed E-state index contributed by atoms with van der Waals surface area (Å²) in [5.74, 6) is 1.85. The highest BCUT2D eigenvalue weighted by molar-refractivity contribution is 5.96. The second-order valence-electron chi connectivity index (χ2n) is 6.93. The highest BCUT2D eigenvalue weighted by atomic mass is 16.5. The molecule has 0 radical (unpaired) electrons. The van der Waals surface area contributed by atoms with Gasteiger partial charge in [0.25, 0.3) is 0 Å². The number of anilines is 4. The molecule has 30 heavy (non-hydrogen) atoms. The maximum Gasteiger partial charge on any atom is 0.229 e. The zero-order valence-corrected chi connectivity index (χ0v) is 17.0. The van der Waals surface area contributed by atoms with Crippen molar-refractivity contribution in [2.75, 3.05) is 30.5 Å². The third-order valence-electron chi connectivity index (χ3n) is 4.87. The van der Waals surface area contributed by atoms with Crippen LogP contribution in [0.3, 0.4) is 0 Å². The average molecular weight is 400 g/mol. The van der Waals surface area contributed by atoms with Crippen molar-refractivity contribution in [3.8, 4) is 5.75 Å². The van der Waals surface area contributed by atoms with Gasteiger partial charge in [0.1, 0.15) is 23.7 Å². The monoisotopic (exact) mass is 400 g/mol. The van der Waals surface area contributed by atoms with Crippen LogP contribution in [-0.2, 0) is 0 Å². The van der Waals surface area contributed by atoms with Gasteiger partial charge in [-0.1, -0.05) is 42.5 Å². The highest BCUT2D eigenvalue weighted by Crippen LogP contribution is 2.34. The first-order chi connectivity index (χ1) is 14.7. The standard InChI is InChI=1S/C24H24N4O2/c1-17-9-6-7-13-20(17)25-24-26-22-19(12-8-14-21(22)30-16-15-29)23(27-24)28(2)18-10-4-3-5-11-18/h3-14,29H,15-16H2,1-2H3,(H,25,26,27). The summed E-state index contributed by atoms with van der Waals surface area (Å²) in [5.41, 5.74) is 3.75. The van der Waals surface area contributed by atoms with Crippen LogP contribution >= 0.6 is 0 Å². The SMILES string of the molecule is Cc1ccccc1Nc1nc(N(C)c2ccccc2)c2cccc(OCCO)c2n1. The lowest BCUT2D eigenvalue weighted by molar-refractivity contribution is 0.202. The number of hydrogen-bond donors (Lipinski definition) is 2. The van der Waals surface area contributed by atoms with Gasteiger partial charge in [-0.15, -0.1) is 0 Å². The van der Waals surface area contributed by atoms with Crippen molar-refractivity contribution >= 4 is 34.0 Å². The Morgan fingerprint density at radius 3 is 2.47 bits per heavy atom. The third-order valence-corrected chi connectivity index (χ3v) is 4.87. The van der Waals surface area contributed by atoms with Gasteiger partial charge in [-0.2, -0.15) is 4.98 Å². The molecule has 0 aliphatic heterocycles. The Labute approximate surface area is 175 Å². The van der Waals surface area contributed by atoms with Crippen LogP contribution in [0.2, 0.25) is 0 Å². The molecule has 0 amide bonds. The average Bonchev–Trinajstić information content (AvgIpc) is 2.79. The third kappa shape index (κ3) is 4.04. The van der Waals surface area contributed by atoms with E-state index in [-0.39, 0.29) is 13.2 Å².